The Morgan fingerprint density at radius 3 is 2.88 bits per heavy atom. The highest BCUT2D eigenvalue weighted by Gasteiger charge is 2.14. The van der Waals surface area contributed by atoms with Crippen molar-refractivity contribution in [3.05, 3.63) is 64.3 Å². The molecular weight excluding hydrogens is 350 g/mol. The van der Waals surface area contributed by atoms with Crippen LogP contribution >= 0.6 is 11.8 Å². The van der Waals surface area contributed by atoms with Gasteiger partial charge in [0.2, 0.25) is 11.0 Å². The normalized spacial score (nSPS) is 11.1. The van der Waals surface area contributed by atoms with E-state index in [0.29, 0.717) is 39.2 Å². The molecule has 0 aliphatic heterocycles. The molecule has 26 heavy (non-hydrogen) atoms. The Morgan fingerprint density at radius 1 is 1.19 bits per heavy atom. The molecule has 0 amide bonds. The van der Waals surface area contributed by atoms with Gasteiger partial charge in [-0.15, -0.1) is 10.2 Å². The molecular formula is C17H15N7OS. The summed E-state index contributed by atoms with van der Waals surface area (Å²) in [6, 6.07) is 11.0. The Morgan fingerprint density at radius 2 is 2.08 bits per heavy atom. The van der Waals surface area contributed by atoms with Crippen LogP contribution in [0.5, 0.6) is 0 Å². The molecule has 3 aromatic heterocycles. The summed E-state index contributed by atoms with van der Waals surface area (Å²) in [6.45, 7) is 1.93. The van der Waals surface area contributed by atoms with Gasteiger partial charge >= 0.3 is 0 Å². The summed E-state index contributed by atoms with van der Waals surface area (Å²) in [5, 5.41) is 9.29. The molecule has 0 atom stereocenters. The van der Waals surface area contributed by atoms with Crippen LogP contribution in [-0.2, 0) is 5.75 Å². The van der Waals surface area contributed by atoms with Crippen LogP contribution in [0.25, 0.3) is 22.4 Å². The largest absolute Gasteiger partial charge is 0.335 e. The predicted octanol–water partition coefficient (Wildman–Crippen LogP) is 1.89. The van der Waals surface area contributed by atoms with Gasteiger partial charge in [0.15, 0.2) is 0 Å². The fourth-order valence-corrected chi connectivity index (χ4v) is 3.32. The summed E-state index contributed by atoms with van der Waals surface area (Å²) in [4.78, 5) is 23.8. The maximum absolute atomic E-state index is 12.2. The van der Waals surface area contributed by atoms with Crippen LogP contribution in [0.3, 0.4) is 0 Å². The van der Waals surface area contributed by atoms with Crippen molar-refractivity contribution in [2.45, 2.75) is 17.8 Å². The quantitative estimate of drug-likeness (QED) is 0.419. The highest BCUT2D eigenvalue weighted by molar-refractivity contribution is 7.98. The maximum atomic E-state index is 12.2. The molecule has 9 heteroatoms. The number of aromatic nitrogens is 6. The monoisotopic (exact) mass is 365 g/mol. The van der Waals surface area contributed by atoms with Crippen LogP contribution in [-0.4, -0.2) is 29.8 Å². The zero-order valence-electron chi connectivity index (χ0n) is 13.9. The van der Waals surface area contributed by atoms with Crippen LogP contribution in [0.15, 0.2) is 52.5 Å². The van der Waals surface area contributed by atoms with Crippen molar-refractivity contribution in [3.63, 3.8) is 0 Å². The van der Waals surface area contributed by atoms with Gasteiger partial charge in [0, 0.05) is 6.20 Å². The van der Waals surface area contributed by atoms with Gasteiger partial charge in [0.05, 0.1) is 16.7 Å². The molecule has 0 saturated heterocycles. The lowest BCUT2D eigenvalue weighted by Gasteiger charge is -2.05. The summed E-state index contributed by atoms with van der Waals surface area (Å²) < 4.78 is 1.39. The SMILES string of the molecule is Cc1cccc2c(=O)[nH]c(CSc3nnc(-c4ccccn4)n3N)nc12. The van der Waals surface area contributed by atoms with Crippen molar-refractivity contribution in [1.82, 2.24) is 29.8 Å². The molecule has 130 valence electrons. The number of aromatic amines is 1. The number of nitrogens with two attached hydrogens (primary N) is 1. The topological polar surface area (TPSA) is 115 Å². The van der Waals surface area contributed by atoms with Crippen molar-refractivity contribution in [1.29, 1.82) is 0 Å². The molecule has 0 aliphatic carbocycles. The third kappa shape index (κ3) is 2.93. The molecule has 0 aliphatic rings. The average molecular weight is 365 g/mol. The van der Waals surface area contributed by atoms with Gasteiger partial charge in [-0.2, -0.15) is 0 Å². The van der Waals surface area contributed by atoms with E-state index in [1.807, 2.05) is 37.3 Å². The molecule has 0 saturated carbocycles. The van der Waals surface area contributed by atoms with Crippen molar-refractivity contribution >= 4 is 22.7 Å². The van der Waals surface area contributed by atoms with Gasteiger partial charge in [-0.25, -0.2) is 9.66 Å². The molecule has 3 N–H and O–H groups in total. The first-order valence-corrected chi connectivity index (χ1v) is 8.85. The Hall–Kier alpha value is -3.20. The summed E-state index contributed by atoms with van der Waals surface area (Å²) >= 11 is 1.34. The highest BCUT2D eigenvalue weighted by Crippen LogP contribution is 2.22. The molecule has 8 nitrogen and oxygen atoms in total. The standard InChI is InChI=1S/C17H15N7OS/c1-10-5-4-6-11-14(10)20-13(21-16(11)25)9-26-17-23-22-15(24(17)18)12-7-2-3-8-19-12/h2-8H,9,18H2,1H3,(H,20,21,25). The molecule has 4 aromatic rings. The number of nitrogen functional groups attached to an aromatic ring is 1. The number of fused-ring (bicyclic) bond motifs is 1. The van der Waals surface area contributed by atoms with Crippen molar-refractivity contribution < 1.29 is 0 Å². The van der Waals surface area contributed by atoms with Gasteiger partial charge in [0.1, 0.15) is 11.5 Å². The first-order valence-electron chi connectivity index (χ1n) is 7.86. The third-order valence-electron chi connectivity index (χ3n) is 3.88. The fraction of sp³-hybridized carbons (Fsp3) is 0.118. The van der Waals surface area contributed by atoms with Crippen LogP contribution in [0, 0.1) is 6.92 Å². The first-order chi connectivity index (χ1) is 12.6. The number of hydrogen-bond donors (Lipinski definition) is 2. The summed E-state index contributed by atoms with van der Waals surface area (Å²) in [6.07, 6.45) is 1.67. The van der Waals surface area contributed by atoms with Gasteiger partial charge in [-0.05, 0) is 30.7 Å². The van der Waals surface area contributed by atoms with Crippen molar-refractivity contribution in [2.75, 3.05) is 5.84 Å². The maximum Gasteiger partial charge on any atom is 0.258 e. The van der Waals surface area contributed by atoms with Gasteiger partial charge < -0.3 is 10.8 Å². The van der Waals surface area contributed by atoms with E-state index in [4.69, 9.17) is 5.84 Å². The minimum absolute atomic E-state index is 0.155. The molecule has 4 rings (SSSR count). The lowest BCUT2D eigenvalue weighted by molar-refractivity contribution is 0.846. The predicted molar refractivity (Wildman–Crippen MR) is 100 cm³/mol. The number of hydrogen-bond acceptors (Lipinski definition) is 7. The first kappa shape index (κ1) is 16.3. The summed E-state index contributed by atoms with van der Waals surface area (Å²) in [5.41, 5.74) is 2.15. The van der Waals surface area contributed by atoms with E-state index in [0.717, 1.165) is 5.56 Å². The molecule has 0 spiro atoms. The lowest BCUT2D eigenvalue weighted by atomic mass is 10.1. The second kappa shape index (κ2) is 6.60. The molecule has 0 fully saturated rings. The number of para-hydroxylation sites is 1. The second-order valence-corrected chi connectivity index (χ2v) is 6.61. The van der Waals surface area contributed by atoms with Gasteiger partial charge in [-0.3, -0.25) is 9.78 Å². The number of benzene rings is 1. The highest BCUT2D eigenvalue weighted by atomic mass is 32.2. The third-order valence-corrected chi connectivity index (χ3v) is 4.84. The lowest BCUT2D eigenvalue weighted by Crippen LogP contribution is -2.13. The van der Waals surface area contributed by atoms with E-state index in [1.54, 1.807) is 12.3 Å². The number of rotatable bonds is 4. The molecule has 0 radical (unpaired) electrons. The number of H-pyrrole nitrogens is 1. The summed E-state index contributed by atoms with van der Waals surface area (Å²) in [7, 11) is 0. The zero-order chi connectivity index (χ0) is 18.1. The van der Waals surface area contributed by atoms with E-state index in [2.05, 4.69) is 25.1 Å². The van der Waals surface area contributed by atoms with E-state index in [9.17, 15) is 4.79 Å². The molecule has 3 heterocycles. The van der Waals surface area contributed by atoms with Crippen LogP contribution < -0.4 is 11.4 Å². The van der Waals surface area contributed by atoms with Crippen LogP contribution in [0.4, 0.5) is 0 Å². The number of aryl methyl sites for hydroxylation is 1. The Labute approximate surface area is 152 Å². The second-order valence-electron chi connectivity index (χ2n) is 5.66. The van der Waals surface area contributed by atoms with Crippen molar-refractivity contribution in [2.24, 2.45) is 0 Å². The zero-order valence-corrected chi connectivity index (χ0v) is 14.7. The van der Waals surface area contributed by atoms with E-state index >= 15 is 0 Å². The summed E-state index contributed by atoms with van der Waals surface area (Å²) in [5.74, 6) is 7.53. The van der Waals surface area contributed by atoms with E-state index in [-0.39, 0.29) is 5.56 Å². The van der Waals surface area contributed by atoms with E-state index in [1.165, 1.54) is 16.4 Å². The smallest absolute Gasteiger partial charge is 0.258 e. The van der Waals surface area contributed by atoms with Gasteiger partial charge in [-0.1, -0.05) is 30.0 Å². The number of thioether (sulfide) groups is 1. The minimum Gasteiger partial charge on any atom is -0.335 e. The minimum atomic E-state index is -0.155. The van der Waals surface area contributed by atoms with Gasteiger partial charge in [0.25, 0.3) is 5.56 Å². The number of nitrogens with one attached hydrogen (secondary N) is 1. The van der Waals surface area contributed by atoms with Crippen LogP contribution in [0.1, 0.15) is 11.4 Å². The Bertz CT molecular complexity index is 1140. The molecule has 0 bridgehead atoms. The van der Waals surface area contributed by atoms with Crippen molar-refractivity contribution in [3.8, 4) is 11.5 Å². The number of pyridine rings is 1. The number of nitrogens with zero attached hydrogens (tertiary/aromatic N) is 5. The Balaban J connectivity index is 1.60. The molecule has 1 aromatic carbocycles. The molecule has 0 unspecified atom stereocenters. The fourth-order valence-electron chi connectivity index (χ4n) is 2.60. The average Bonchev–Trinajstić information content (AvgIpc) is 3.02. The van der Waals surface area contributed by atoms with E-state index < -0.39 is 0 Å². The van der Waals surface area contributed by atoms with Crippen LogP contribution in [0.2, 0.25) is 0 Å². The Kier molecular flexibility index (Phi) is 4.13.